The van der Waals surface area contributed by atoms with Crippen LogP contribution in [0, 0.1) is 0 Å². The Bertz CT molecular complexity index is 759. The number of amides is 1. The average molecular weight is 343 g/mol. The molecule has 2 aromatic rings. The van der Waals surface area contributed by atoms with E-state index in [9.17, 15) is 4.79 Å². The lowest BCUT2D eigenvalue weighted by atomic mass is 10.1. The van der Waals surface area contributed by atoms with E-state index in [0.29, 0.717) is 54.9 Å². The molecular weight excluding hydrogens is 322 g/mol. The summed E-state index contributed by atoms with van der Waals surface area (Å²) in [6.45, 7) is 3.95. The zero-order chi connectivity index (χ0) is 17.6. The number of fused-ring (bicyclic) bond motifs is 1. The van der Waals surface area contributed by atoms with Gasteiger partial charge in [0.25, 0.3) is 5.91 Å². The Kier molecular flexibility index (Phi) is 5.40. The van der Waals surface area contributed by atoms with Crippen molar-refractivity contribution < 1.29 is 23.7 Å². The first-order valence-electron chi connectivity index (χ1n) is 8.17. The standard InChI is InChI=1S/C19H21NO5/c1-3-23-12-14-10-13(4-6-16(14)22-2)19(21)20-15-5-7-17-18(11-15)25-9-8-24-17/h4-7,10-11H,3,8-9,12H2,1-2H3,(H,20,21). The molecule has 0 saturated carbocycles. The highest BCUT2D eigenvalue weighted by atomic mass is 16.6. The Hall–Kier alpha value is -2.73. The number of hydrogen-bond acceptors (Lipinski definition) is 5. The third-order valence-corrected chi connectivity index (χ3v) is 3.80. The largest absolute Gasteiger partial charge is 0.496 e. The van der Waals surface area contributed by atoms with Gasteiger partial charge in [0.2, 0.25) is 0 Å². The van der Waals surface area contributed by atoms with Crippen LogP contribution in [0.3, 0.4) is 0 Å². The van der Waals surface area contributed by atoms with Crippen molar-refractivity contribution in [3.8, 4) is 17.2 Å². The van der Waals surface area contributed by atoms with Crippen molar-refractivity contribution in [2.45, 2.75) is 13.5 Å². The summed E-state index contributed by atoms with van der Waals surface area (Å²) in [5, 5.41) is 2.87. The average Bonchev–Trinajstić information content (AvgIpc) is 2.66. The van der Waals surface area contributed by atoms with Crippen LogP contribution in [-0.2, 0) is 11.3 Å². The molecule has 0 fully saturated rings. The number of carbonyl (C=O) groups excluding carboxylic acids is 1. The van der Waals surface area contributed by atoms with Gasteiger partial charge in [-0.2, -0.15) is 0 Å². The van der Waals surface area contributed by atoms with Crippen LogP contribution in [-0.4, -0.2) is 32.8 Å². The Morgan fingerprint density at radius 3 is 2.68 bits per heavy atom. The molecule has 2 aromatic carbocycles. The van der Waals surface area contributed by atoms with Gasteiger partial charge in [-0.25, -0.2) is 0 Å². The second kappa shape index (κ2) is 7.90. The second-order valence-corrected chi connectivity index (χ2v) is 5.48. The van der Waals surface area contributed by atoms with Gasteiger partial charge >= 0.3 is 0 Å². The van der Waals surface area contributed by atoms with Gasteiger partial charge < -0.3 is 24.3 Å². The van der Waals surface area contributed by atoms with Crippen molar-refractivity contribution >= 4 is 11.6 Å². The molecule has 1 heterocycles. The van der Waals surface area contributed by atoms with E-state index in [-0.39, 0.29) is 5.91 Å². The molecule has 0 spiro atoms. The van der Waals surface area contributed by atoms with E-state index in [4.69, 9.17) is 18.9 Å². The van der Waals surface area contributed by atoms with Gasteiger partial charge in [-0.15, -0.1) is 0 Å². The van der Waals surface area contributed by atoms with E-state index in [1.54, 1.807) is 43.5 Å². The van der Waals surface area contributed by atoms with Gasteiger partial charge in [0.1, 0.15) is 19.0 Å². The van der Waals surface area contributed by atoms with Crippen LogP contribution in [0.15, 0.2) is 36.4 Å². The zero-order valence-corrected chi connectivity index (χ0v) is 14.3. The summed E-state index contributed by atoms with van der Waals surface area (Å²) in [6.07, 6.45) is 0. The fraction of sp³-hybridized carbons (Fsp3) is 0.316. The van der Waals surface area contributed by atoms with Gasteiger partial charge in [-0.05, 0) is 37.3 Å². The van der Waals surface area contributed by atoms with E-state index in [1.165, 1.54) is 0 Å². The van der Waals surface area contributed by atoms with E-state index < -0.39 is 0 Å². The highest BCUT2D eigenvalue weighted by Gasteiger charge is 2.14. The highest BCUT2D eigenvalue weighted by Crippen LogP contribution is 2.32. The molecule has 0 saturated heterocycles. The third-order valence-electron chi connectivity index (χ3n) is 3.80. The van der Waals surface area contributed by atoms with Crippen LogP contribution in [0.2, 0.25) is 0 Å². The van der Waals surface area contributed by atoms with Crippen LogP contribution in [0.5, 0.6) is 17.2 Å². The molecule has 0 aromatic heterocycles. The molecule has 1 amide bonds. The molecule has 6 heteroatoms. The Morgan fingerprint density at radius 2 is 1.92 bits per heavy atom. The van der Waals surface area contributed by atoms with Gasteiger partial charge in [0.15, 0.2) is 11.5 Å². The first-order valence-corrected chi connectivity index (χ1v) is 8.17. The van der Waals surface area contributed by atoms with Crippen LogP contribution < -0.4 is 19.5 Å². The maximum absolute atomic E-state index is 12.5. The van der Waals surface area contributed by atoms with E-state index >= 15 is 0 Å². The van der Waals surface area contributed by atoms with Gasteiger partial charge in [0, 0.05) is 29.5 Å². The summed E-state index contributed by atoms with van der Waals surface area (Å²) in [5.74, 6) is 1.81. The molecule has 1 N–H and O–H groups in total. The van der Waals surface area contributed by atoms with E-state index in [2.05, 4.69) is 5.32 Å². The lowest BCUT2D eigenvalue weighted by Gasteiger charge is -2.19. The summed E-state index contributed by atoms with van der Waals surface area (Å²) < 4.78 is 21.8. The molecule has 1 aliphatic heterocycles. The van der Waals surface area contributed by atoms with Crippen LogP contribution >= 0.6 is 0 Å². The lowest BCUT2D eigenvalue weighted by molar-refractivity contribution is 0.102. The summed E-state index contributed by atoms with van der Waals surface area (Å²) in [4.78, 5) is 12.5. The second-order valence-electron chi connectivity index (χ2n) is 5.48. The van der Waals surface area contributed by atoms with Crippen LogP contribution in [0.4, 0.5) is 5.69 Å². The molecule has 1 aliphatic rings. The molecule has 0 radical (unpaired) electrons. The lowest BCUT2D eigenvalue weighted by Crippen LogP contribution is -2.16. The number of rotatable bonds is 6. The molecule has 132 valence electrons. The minimum atomic E-state index is -0.211. The quantitative estimate of drug-likeness (QED) is 0.872. The Morgan fingerprint density at radius 1 is 1.12 bits per heavy atom. The van der Waals surface area contributed by atoms with Crippen molar-refractivity contribution in [2.24, 2.45) is 0 Å². The number of methoxy groups -OCH3 is 1. The first-order chi connectivity index (χ1) is 12.2. The topological polar surface area (TPSA) is 66.0 Å². The molecule has 6 nitrogen and oxygen atoms in total. The predicted octanol–water partition coefficient (Wildman–Crippen LogP) is 3.26. The van der Waals surface area contributed by atoms with Crippen molar-refractivity contribution in [2.75, 3.05) is 32.2 Å². The fourth-order valence-electron chi connectivity index (χ4n) is 2.57. The summed E-state index contributed by atoms with van der Waals surface area (Å²) >= 11 is 0. The van der Waals surface area contributed by atoms with Crippen LogP contribution in [0.1, 0.15) is 22.8 Å². The van der Waals surface area contributed by atoms with Crippen LogP contribution in [0.25, 0.3) is 0 Å². The maximum Gasteiger partial charge on any atom is 0.255 e. The Balaban J connectivity index is 1.76. The van der Waals surface area contributed by atoms with Crippen molar-refractivity contribution in [3.05, 3.63) is 47.5 Å². The first kappa shape index (κ1) is 17.1. The summed E-state index contributed by atoms with van der Waals surface area (Å²) in [6, 6.07) is 10.6. The summed E-state index contributed by atoms with van der Waals surface area (Å²) in [7, 11) is 1.60. The molecule has 0 unspecified atom stereocenters. The molecule has 0 atom stereocenters. The number of hydrogen-bond donors (Lipinski definition) is 1. The predicted molar refractivity (Wildman–Crippen MR) is 93.7 cm³/mol. The molecule has 0 bridgehead atoms. The van der Waals surface area contributed by atoms with Crippen molar-refractivity contribution in [1.82, 2.24) is 0 Å². The van der Waals surface area contributed by atoms with Gasteiger partial charge in [-0.1, -0.05) is 0 Å². The minimum absolute atomic E-state index is 0.211. The fourth-order valence-corrected chi connectivity index (χ4v) is 2.57. The third kappa shape index (κ3) is 4.03. The number of nitrogens with one attached hydrogen (secondary N) is 1. The zero-order valence-electron chi connectivity index (χ0n) is 14.3. The monoisotopic (exact) mass is 343 g/mol. The van der Waals surface area contributed by atoms with Gasteiger partial charge in [-0.3, -0.25) is 4.79 Å². The minimum Gasteiger partial charge on any atom is -0.496 e. The maximum atomic E-state index is 12.5. The van der Waals surface area contributed by atoms with Crippen molar-refractivity contribution in [3.63, 3.8) is 0 Å². The van der Waals surface area contributed by atoms with E-state index in [0.717, 1.165) is 5.56 Å². The van der Waals surface area contributed by atoms with E-state index in [1.807, 2.05) is 6.92 Å². The Labute approximate surface area is 146 Å². The van der Waals surface area contributed by atoms with Gasteiger partial charge in [0.05, 0.1) is 13.7 Å². The number of anilines is 1. The molecular formula is C19H21NO5. The normalized spacial score (nSPS) is 12.6. The number of ether oxygens (including phenoxy) is 4. The smallest absolute Gasteiger partial charge is 0.255 e. The van der Waals surface area contributed by atoms with Crippen molar-refractivity contribution in [1.29, 1.82) is 0 Å². The number of carbonyl (C=O) groups is 1. The highest BCUT2D eigenvalue weighted by molar-refractivity contribution is 6.04. The summed E-state index contributed by atoms with van der Waals surface area (Å²) in [5.41, 5.74) is 2.01. The molecule has 3 rings (SSSR count). The molecule has 0 aliphatic carbocycles. The SMILES string of the molecule is CCOCc1cc(C(=O)Nc2ccc3c(c2)OCCO3)ccc1OC. The molecule has 25 heavy (non-hydrogen) atoms. The number of benzene rings is 2.